The number of epoxide rings is 1. The zero-order valence-electron chi connectivity index (χ0n) is 14.8. The lowest BCUT2D eigenvalue weighted by atomic mass is 10.0. The van der Waals surface area contributed by atoms with Crippen molar-refractivity contribution < 1.29 is 18.6 Å². The molecule has 0 saturated carbocycles. The van der Waals surface area contributed by atoms with Crippen LogP contribution in [0.4, 0.5) is 0 Å². The van der Waals surface area contributed by atoms with Gasteiger partial charge in [0.2, 0.25) is 0 Å². The topological polar surface area (TPSA) is 40.2 Å². The quantitative estimate of drug-likeness (QED) is 0.618. The van der Waals surface area contributed by atoms with Gasteiger partial charge in [0, 0.05) is 5.56 Å². The summed E-state index contributed by atoms with van der Waals surface area (Å²) in [6.45, 7) is 13.1. The summed E-state index contributed by atoms with van der Waals surface area (Å²) in [4.78, 5) is 0. The third-order valence-electron chi connectivity index (χ3n) is 5.34. The zero-order valence-corrected chi connectivity index (χ0v) is 15.8. The van der Waals surface area contributed by atoms with E-state index in [1.807, 2.05) is 30.3 Å². The van der Waals surface area contributed by atoms with Crippen molar-refractivity contribution in [1.29, 1.82) is 0 Å². The van der Waals surface area contributed by atoms with Gasteiger partial charge < -0.3 is 18.6 Å². The van der Waals surface area contributed by atoms with Gasteiger partial charge in [-0.2, -0.15) is 0 Å². The number of rotatable bonds is 4. The monoisotopic (exact) mass is 336 g/mol. The number of hydrogen-bond donors (Lipinski definition) is 0. The molecule has 2 aliphatic heterocycles. The molecule has 0 aromatic heterocycles. The smallest absolute Gasteiger partial charge is 0.192 e. The molecular formula is C18H28O4Si. The van der Waals surface area contributed by atoms with Crippen LogP contribution in [0.5, 0.6) is 0 Å². The standard InChI is InChI=1S/C18H28O4Si/c1-17(2,3)23(4,5)21-11-15-18(13-20-18)12-19-16(22-15)14-9-7-6-8-10-14/h6-10,15-16H,11-13H2,1-5H3/t15-,16+,18+/m1/s1. The molecule has 2 saturated heterocycles. The van der Waals surface area contributed by atoms with Crippen LogP contribution in [-0.2, 0) is 18.6 Å². The molecule has 0 amide bonds. The highest BCUT2D eigenvalue weighted by Gasteiger charge is 2.57. The minimum absolute atomic E-state index is 0.0735. The lowest BCUT2D eigenvalue weighted by molar-refractivity contribution is -0.251. The molecule has 3 rings (SSSR count). The molecule has 1 aromatic carbocycles. The first-order valence-corrected chi connectivity index (χ1v) is 11.2. The van der Waals surface area contributed by atoms with E-state index in [1.165, 1.54) is 0 Å². The summed E-state index contributed by atoms with van der Waals surface area (Å²) >= 11 is 0. The zero-order chi connectivity index (χ0) is 16.7. The molecule has 128 valence electrons. The van der Waals surface area contributed by atoms with E-state index in [2.05, 4.69) is 33.9 Å². The van der Waals surface area contributed by atoms with Gasteiger partial charge in [-0.15, -0.1) is 0 Å². The Bertz CT molecular complexity index is 534. The van der Waals surface area contributed by atoms with Crippen LogP contribution >= 0.6 is 0 Å². The van der Waals surface area contributed by atoms with Crippen LogP contribution in [0.3, 0.4) is 0 Å². The number of ether oxygens (including phenoxy) is 3. The second-order valence-corrected chi connectivity index (χ2v) is 12.9. The van der Waals surface area contributed by atoms with Crippen molar-refractivity contribution >= 4 is 8.32 Å². The molecule has 0 radical (unpaired) electrons. The average molecular weight is 337 g/mol. The first-order valence-electron chi connectivity index (χ1n) is 8.33. The molecule has 2 fully saturated rings. The molecule has 3 atom stereocenters. The second-order valence-electron chi connectivity index (χ2n) is 8.10. The van der Waals surface area contributed by atoms with E-state index in [0.29, 0.717) is 19.8 Å². The van der Waals surface area contributed by atoms with E-state index in [0.717, 1.165) is 5.56 Å². The highest BCUT2D eigenvalue weighted by atomic mass is 28.4. The Morgan fingerprint density at radius 3 is 2.39 bits per heavy atom. The van der Waals surface area contributed by atoms with Crippen LogP contribution < -0.4 is 0 Å². The van der Waals surface area contributed by atoms with Crippen molar-refractivity contribution in [2.75, 3.05) is 19.8 Å². The molecule has 5 heteroatoms. The Balaban J connectivity index is 1.67. The largest absolute Gasteiger partial charge is 0.414 e. The normalized spacial score (nSPS) is 31.3. The maximum absolute atomic E-state index is 6.37. The summed E-state index contributed by atoms with van der Waals surface area (Å²) in [5, 5.41) is 0.189. The van der Waals surface area contributed by atoms with E-state index in [1.54, 1.807) is 0 Å². The van der Waals surface area contributed by atoms with Gasteiger partial charge in [-0.3, -0.25) is 0 Å². The molecule has 0 N–H and O–H groups in total. The Morgan fingerprint density at radius 1 is 1.17 bits per heavy atom. The molecular weight excluding hydrogens is 308 g/mol. The number of hydrogen-bond acceptors (Lipinski definition) is 4. The number of benzene rings is 1. The molecule has 1 spiro atoms. The van der Waals surface area contributed by atoms with Gasteiger partial charge in [-0.25, -0.2) is 0 Å². The van der Waals surface area contributed by atoms with Crippen molar-refractivity contribution in [3.63, 3.8) is 0 Å². The molecule has 4 nitrogen and oxygen atoms in total. The van der Waals surface area contributed by atoms with E-state index in [-0.39, 0.29) is 23.0 Å². The second kappa shape index (κ2) is 5.97. The van der Waals surface area contributed by atoms with Crippen molar-refractivity contribution in [2.45, 2.75) is 56.9 Å². The molecule has 0 unspecified atom stereocenters. The third-order valence-corrected chi connectivity index (χ3v) is 9.84. The van der Waals surface area contributed by atoms with Crippen LogP contribution in [0, 0.1) is 0 Å². The summed E-state index contributed by atoms with van der Waals surface area (Å²) in [6, 6.07) is 10.1. The molecule has 1 aromatic rings. The van der Waals surface area contributed by atoms with Crippen molar-refractivity contribution in [3.05, 3.63) is 35.9 Å². The SMILES string of the molecule is CC(C)(C)[Si](C)(C)OC[C@H]1O[C@@H](c2ccccc2)OC[C@]12CO2. The average Bonchev–Trinajstić information content (AvgIpc) is 3.27. The first kappa shape index (κ1) is 17.1. The van der Waals surface area contributed by atoms with Crippen molar-refractivity contribution in [3.8, 4) is 0 Å². The fourth-order valence-corrected chi connectivity index (χ4v) is 3.46. The first-order chi connectivity index (χ1) is 10.7. The predicted octanol–water partition coefficient (Wildman–Crippen LogP) is 3.89. The van der Waals surface area contributed by atoms with E-state index >= 15 is 0 Å². The maximum atomic E-state index is 6.37. The van der Waals surface area contributed by atoms with Crippen LogP contribution in [-0.4, -0.2) is 39.8 Å². The summed E-state index contributed by atoms with van der Waals surface area (Å²) in [5.41, 5.74) is 0.744. The van der Waals surface area contributed by atoms with Crippen LogP contribution in [0.25, 0.3) is 0 Å². The highest BCUT2D eigenvalue weighted by Crippen LogP contribution is 2.43. The molecule has 2 aliphatic rings. The molecule has 0 bridgehead atoms. The van der Waals surface area contributed by atoms with Gasteiger partial charge in [0.15, 0.2) is 14.6 Å². The van der Waals surface area contributed by atoms with Gasteiger partial charge in [-0.05, 0) is 18.1 Å². The van der Waals surface area contributed by atoms with Crippen molar-refractivity contribution in [1.82, 2.24) is 0 Å². The van der Waals surface area contributed by atoms with Crippen LogP contribution in [0.1, 0.15) is 32.6 Å². The highest BCUT2D eigenvalue weighted by molar-refractivity contribution is 6.74. The molecule has 2 heterocycles. The Hall–Kier alpha value is -0.723. The fraction of sp³-hybridized carbons (Fsp3) is 0.667. The Morgan fingerprint density at radius 2 is 1.83 bits per heavy atom. The Labute approximate surface area is 140 Å². The van der Waals surface area contributed by atoms with E-state index < -0.39 is 8.32 Å². The van der Waals surface area contributed by atoms with E-state index in [4.69, 9.17) is 18.6 Å². The Kier molecular flexibility index (Phi) is 4.44. The van der Waals surface area contributed by atoms with Gasteiger partial charge in [0.25, 0.3) is 0 Å². The van der Waals surface area contributed by atoms with Gasteiger partial charge in [0.1, 0.15) is 11.7 Å². The lowest BCUT2D eigenvalue weighted by Gasteiger charge is -2.40. The summed E-state index contributed by atoms with van der Waals surface area (Å²) in [7, 11) is -1.80. The van der Waals surface area contributed by atoms with Crippen LogP contribution in [0.2, 0.25) is 18.1 Å². The fourth-order valence-electron chi connectivity index (χ4n) is 2.46. The maximum Gasteiger partial charge on any atom is 0.192 e. The minimum atomic E-state index is -1.80. The molecule has 23 heavy (non-hydrogen) atoms. The summed E-state index contributed by atoms with van der Waals surface area (Å²) < 4.78 is 24.1. The molecule has 0 aliphatic carbocycles. The summed E-state index contributed by atoms with van der Waals surface area (Å²) in [5.74, 6) is 0. The van der Waals surface area contributed by atoms with E-state index in [9.17, 15) is 0 Å². The van der Waals surface area contributed by atoms with Gasteiger partial charge >= 0.3 is 0 Å². The third kappa shape index (κ3) is 3.54. The van der Waals surface area contributed by atoms with Crippen molar-refractivity contribution in [2.24, 2.45) is 0 Å². The predicted molar refractivity (Wildman–Crippen MR) is 91.8 cm³/mol. The lowest BCUT2D eigenvalue weighted by Crippen LogP contribution is -2.50. The van der Waals surface area contributed by atoms with Gasteiger partial charge in [-0.1, -0.05) is 51.1 Å². The van der Waals surface area contributed by atoms with Gasteiger partial charge in [0.05, 0.1) is 19.8 Å². The summed E-state index contributed by atoms with van der Waals surface area (Å²) in [6.07, 6.45) is -0.408. The van der Waals surface area contributed by atoms with Crippen LogP contribution in [0.15, 0.2) is 30.3 Å². The minimum Gasteiger partial charge on any atom is -0.414 e.